The van der Waals surface area contributed by atoms with Crippen molar-refractivity contribution >= 4 is 22.2 Å². The van der Waals surface area contributed by atoms with Gasteiger partial charge in [-0.15, -0.1) is 0 Å². The van der Waals surface area contributed by atoms with Gasteiger partial charge in [0.25, 0.3) is 0 Å². The number of hydrogen-bond donors (Lipinski definition) is 0. The first-order valence-electron chi connectivity index (χ1n) is 6.28. The fourth-order valence-corrected chi connectivity index (χ4v) is 2.78. The summed E-state index contributed by atoms with van der Waals surface area (Å²) < 4.78 is 17.8. The van der Waals surface area contributed by atoms with Crippen LogP contribution in [0.1, 0.15) is 31.2 Å². The predicted molar refractivity (Wildman–Crippen MR) is 75.4 cm³/mol. The zero-order valence-corrected chi connectivity index (χ0v) is 12.7. The number of fused-ring (bicyclic) bond motifs is 1. The largest absolute Gasteiger partial charge is 0.495 e. The van der Waals surface area contributed by atoms with Gasteiger partial charge in [-0.05, 0) is 21.8 Å². The van der Waals surface area contributed by atoms with Crippen LogP contribution in [0.15, 0.2) is 10.5 Å². The monoisotopic (exact) mass is 328 g/mol. The van der Waals surface area contributed by atoms with Gasteiger partial charge in [0.2, 0.25) is 0 Å². The molecule has 1 heterocycles. The van der Waals surface area contributed by atoms with Gasteiger partial charge >= 0.3 is 0 Å². The first-order valence-corrected chi connectivity index (χ1v) is 7.08. The molecule has 1 aliphatic rings. The fraction of sp³-hybridized carbons (Fsp3) is 0.500. The fourth-order valence-electron chi connectivity index (χ4n) is 2.20. The molecule has 1 aromatic rings. The van der Waals surface area contributed by atoms with Crippen molar-refractivity contribution in [3.05, 3.63) is 16.1 Å². The van der Waals surface area contributed by atoms with Gasteiger partial charge < -0.3 is 19.0 Å². The highest BCUT2D eigenvalue weighted by Crippen LogP contribution is 2.47. The predicted octanol–water partition coefficient (Wildman–Crippen LogP) is 3.31. The maximum Gasteiger partial charge on any atom is 0.168 e. The molecule has 0 aromatic heterocycles. The second kappa shape index (κ2) is 6.28. The minimum Gasteiger partial charge on any atom is -0.495 e. The van der Waals surface area contributed by atoms with E-state index in [1.165, 1.54) is 0 Å². The molecule has 0 spiro atoms. The van der Waals surface area contributed by atoms with Crippen molar-refractivity contribution in [2.24, 2.45) is 0 Å². The van der Waals surface area contributed by atoms with Gasteiger partial charge in [-0.2, -0.15) is 0 Å². The van der Waals surface area contributed by atoms with Crippen LogP contribution in [0.4, 0.5) is 0 Å². The molecule has 2 rings (SSSR count). The van der Waals surface area contributed by atoms with E-state index >= 15 is 0 Å². The Labute approximate surface area is 121 Å². The van der Waals surface area contributed by atoms with Gasteiger partial charge in [0.1, 0.15) is 12.0 Å². The van der Waals surface area contributed by atoms with Gasteiger partial charge in [-0.1, -0.05) is 6.92 Å². The Bertz CT molecular complexity index is 473. The molecular weight excluding hydrogens is 312 g/mol. The molecule has 0 bridgehead atoms. The highest BCUT2D eigenvalue weighted by Gasteiger charge is 2.25. The summed E-state index contributed by atoms with van der Waals surface area (Å²) >= 11 is 3.48. The lowest BCUT2D eigenvalue weighted by molar-refractivity contribution is -0.108. The quantitative estimate of drug-likeness (QED) is 0.795. The third-order valence-corrected chi connectivity index (χ3v) is 3.72. The maximum absolute atomic E-state index is 10.8. The average molecular weight is 329 g/mol. The van der Waals surface area contributed by atoms with Crippen molar-refractivity contribution in [3.63, 3.8) is 0 Å². The smallest absolute Gasteiger partial charge is 0.168 e. The lowest BCUT2D eigenvalue weighted by Crippen LogP contribution is -2.05. The van der Waals surface area contributed by atoms with Gasteiger partial charge in [0, 0.05) is 24.5 Å². The van der Waals surface area contributed by atoms with Crippen LogP contribution in [0.5, 0.6) is 17.2 Å². The molecular formula is C14H17BrO4. The van der Waals surface area contributed by atoms with E-state index in [-0.39, 0.29) is 5.92 Å². The van der Waals surface area contributed by atoms with E-state index in [0.29, 0.717) is 36.9 Å². The number of methoxy groups -OCH3 is 1. The van der Waals surface area contributed by atoms with Crippen LogP contribution < -0.4 is 14.2 Å². The van der Waals surface area contributed by atoms with Crippen LogP contribution in [0.2, 0.25) is 0 Å². The van der Waals surface area contributed by atoms with Crippen LogP contribution in [0, 0.1) is 0 Å². The van der Waals surface area contributed by atoms with Crippen LogP contribution in [0.25, 0.3) is 0 Å². The van der Waals surface area contributed by atoms with E-state index in [4.69, 9.17) is 14.2 Å². The number of benzene rings is 1. The molecule has 0 saturated carbocycles. The van der Waals surface area contributed by atoms with Crippen LogP contribution in [-0.2, 0) is 4.79 Å². The molecule has 4 nitrogen and oxygen atoms in total. The van der Waals surface area contributed by atoms with Crippen molar-refractivity contribution in [1.29, 1.82) is 0 Å². The highest BCUT2D eigenvalue weighted by atomic mass is 79.9. The normalized spacial score (nSPS) is 15.5. The summed E-state index contributed by atoms with van der Waals surface area (Å²) in [6, 6.07) is 1.86. The van der Waals surface area contributed by atoms with Crippen molar-refractivity contribution < 1.29 is 19.0 Å². The molecule has 0 radical (unpaired) electrons. The van der Waals surface area contributed by atoms with Crippen LogP contribution >= 0.6 is 15.9 Å². The second-order valence-electron chi connectivity index (χ2n) is 4.49. The summed E-state index contributed by atoms with van der Waals surface area (Å²) in [5.41, 5.74) is 0.890. The van der Waals surface area contributed by atoms with E-state index in [0.717, 1.165) is 22.7 Å². The summed E-state index contributed by atoms with van der Waals surface area (Å²) in [5, 5.41) is 0. The van der Waals surface area contributed by atoms with Crippen LogP contribution in [0.3, 0.4) is 0 Å². The second-order valence-corrected chi connectivity index (χ2v) is 5.34. The van der Waals surface area contributed by atoms with Crippen molar-refractivity contribution in [2.45, 2.75) is 25.7 Å². The molecule has 0 fully saturated rings. The average Bonchev–Trinajstić information content (AvgIpc) is 2.62. The van der Waals surface area contributed by atoms with E-state index in [9.17, 15) is 4.79 Å². The van der Waals surface area contributed by atoms with Gasteiger partial charge in [0.05, 0.1) is 24.8 Å². The molecule has 1 atom stereocenters. The summed E-state index contributed by atoms with van der Waals surface area (Å²) in [6.45, 7) is 3.22. The zero-order chi connectivity index (χ0) is 13.8. The number of carbonyl (C=O) groups excluding carboxylic acids is 1. The third kappa shape index (κ3) is 2.86. The lowest BCUT2D eigenvalue weighted by Gasteiger charge is -2.20. The van der Waals surface area contributed by atoms with Gasteiger partial charge in [-0.3, -0.25) is 0 Å². The number of hydrogen-bond acceptors (Lipinski definition) is 4. The Balaban J connectivity index is 2.57. The SMILES string of the molecule is COc1c(Br)cc2c(c1C(C)CC=O)OCCCO2. The molecule has 1 aliphatic heterocycles. The Kier molecular flexibility index (Phi) is 4.69. The van der Waals surface area contributed by atoms with Gasteiger partial charge in [0.15, 0.2) is 11.5 Å². The number of halogens is 1. The standard InChI is InChI=1S/C14H17BrO4/c1-9(4-5-16)12-13(17-2)10(15)8-11-14(12)19-7-3-6-18-11/h5,8-9H,3-4,6-7H2,1-2H3. The number of aldehydes is 1. The first-order chi connectivity index (χ1) is 9.19. The van der Waals surface area contributed by atoms with E-state index < -0.39 is 0 Å². The van der Waals surface area contributed by atoms with Crippen molar-refractivity contribution in [1.82, 2.24) is 0 Å². The number of rotatable bonds is 4. The Morgan fingerprint density at radius 2 is 2.21 bits per heavy atom. The summed E-state index contributed by atoms with van der Waals surface area (Å²) in [6.07, 6.45) is 2.17. The summed E-state index contributed by atoms with van der Waals surface area (Å²) in [4.78, 5) is 10.8. The Hall–Kier alpha value is -1.23. The van der Waals surface area contributed by atoms with Gasteiger partial charge in [-0.25, -0.2) is 0 Å². The van der Waals surface area contributed by atoms with Crippen molar-refractivity contribution in [2.75, 3.05) is 20.3 Å². The van der Waals surface area contributed by atoms with E-state index in [1.807, 2.05) is 13.0 Å². The molecule has 1 unspecified atom stereocenters. The molecule has 0 saturated heterocycles. The third-order valence-electron chi connectivity index (χ3n) is 3.13. The molecule has 0 amide bonds. The van der Waals surface area contributed by atoms with E-state index in [2.05, 4.69) is 15.9 Å². The van der Waals surface area contributed by atoms with E-state index in [1.54, 1.807) is 7.11 Å². The zero-order valence-electron chi connectivity index (χ0n) is 11.1. The molecule has 104 valence electrons. The summed E-state index contributed by atoms with van der Waals surface area (Å²) in [7, 11) is 1.61. The Morgan fingerprint density at radius 1 is 1.47 bits per heavy atom. The minimum atomic E-state index is 0.0143. The van der Waals surface area contributed by atoms with Crippen LogP contribution in [-0.4, -0.2) is 26.6 Å². The molecule has 0 N–H and O–H groups in total. The minimum absolute atomic E-state index is 0.0143. The highest BCUT2D eigenvalue weighted by molar-refractivity contribution is 9.10. The summed E-state index contributed by atoms with van der Waals surface area (Å²) in [5.74, 6) is 2.13. The first kappa shape index (κ1) is 14.2. The molecule has 19 heavy (non-hydrogen) atoms. The molecule has 0 aliphatic carbocycles. The Morgan fingerprint density at radius 3 is 2.89 bits per heavy atom. The van der Waals surface area contributed by atoms with Crippen molar-refractivity contribution in [3.8, 4) is 17.2 Å². The molecule has 1 aromatic carbocycles. The number of ether oxygens (including phenoxy) is 3. The number of carbonyl (C=O) groups is 1. The lowest BCUT2D eigenvalue weighted by atomic mass is 9.96. The topological polar surface area (TPSA) is 44.8 Å². The maximum atomic E-state index is 10.8. The molecule has 5 heteroatoms.